The molecule has 3 aromatic heterocycles. The number of ether oxygens (including phenoxy) is 1. The monoisotopic (exact) mass is 449 g/mol. The predicted molar refractivity (Wildman–Crippen MR) is 129 cm³/mol. The minimum Gasteiger partial charge on any atom is -0.465 e. The first kappa shape index (κ1) is 21.1. The van der Waals surface area contributed by atoms with Crippen LogP contribution in [0.25, 0.3) is 39.6 Å². The van der Waals surface area contributed by atoms with Gasteiger partial charge in [-0.15, -0.1) is 0 Å². The Labute approximate surface area is 194 Å². The average molecular weight is 449 g/mol. The van der Waals surface area contributed by atoms with Gasteiger partial charge in [0, 0.05) is 23.3 Å². The van der Waals surface area contributed by atoms with Gasteiger partial charge in [0.25, 0.3) is 0 Å². The Morgan fingerprint density at radius 2 is 1.76 bits per heavy atom. The topological polar surface area (TPSA) is 87.2 Å². The molecule has 0 amide bonds. The fourth-order valence-corrected chi connectivity index (χ4v) is 3.67. The lowest BCUT2D eigenvalue weighted by molar-refractivity contribution is -0.133. The summed E-state index contributed by atoms with van der Waals surface area (Å²) < 4.78 is 12.2. The Kier molecular flexibility index (Phi) is 5.58. The minimum absolute atomic E-state index is 0.238. The normalized spacial score (nSPS) is 11.5. The summed E-state index contributed by atoms with van der Waals surface area (Å²) in [5.41, 5.74) is 2.64. The van der Waals surface area contributed by atoms with Crippen molar-refractivity contribution in [3.63, 3.8) is 0 Å². The molecule has 0 radical (unpaired) electrons. The van der Waals surface area contributed by atoms with E-state index in [0.717, 1.165) is 11.1 Å². The fourth-order valence-electron chi connectivity index (χ4n) is 3.67. The lowest BCUT2D eigenvalue weighted by Gasteiger charge is -2.05. The molecule has 7 heteroatoms. The molecule has 5 rings (SSSR count). The van der Waals surface area contributed by atoms with Crippen LogP contribution in [0.1, 0.15) is 11.3 Å². The molecule has 166 valence electrons. The van der Waals surface area contributed by atoms with Crippen molar-refractivity contribution in [3.05, 3.63) is 113 Å². The Balaban J connectivity index is 1.76. The number of carbonyl (C=O) groups excluding carboxylic acids is 1. The molecule has 0 saturated carbocycles. The quantitative estimate of drug-likeness (QED) is 0.219. The highest BCUT2D eigenvalue weighted by atomic mass is 16.5. The summed E-state index contributed by atoms with van der Waals surface area (Å²) in [6.07, 6.45) is 4.98. The van der Waals surface area contributed by atoms with E-state index in [4.69, 9.17) is 9.15 Å². The summed E-state index contributed by atoms with van der Waals surface area (Å²) in [5.74, 6) is -0.553. The number of methoxy groups -OCH3 is 1. The Bertz CT molecular complexity index is 1570. The standard InChI is InChI=1S/C27H19N3O4/c1-33-26(31)21(23-12-7-8-14-28-23)16-19-17-30(20-10-3-2-4-11-20)29-25(19)22-15-18-9-5-6-13-24(18)34-27(22)32/h2-17H,1H3/b21-16+. The molecule has 5 aromatic rings. The first-order valence-electron chi connectivity index (χ1n) is 10.5. The van der Waals surface area contributed by atoms with Crippen molar-refractivity contribution in [3.8, 4) is 16.9 Å². The highest BCUT2D eigenvalue weighted by molar-refractivity contribution is 6.21. The molecular weight excluding hydrogens is 430 g/mol. The number of aromatic nitrogens is 3. The van der Waals surface area contributed by atoms with Crippen LogP contribution in [0.15, 0.2) is 100 Å². The van der Waals surface area contributed by atoms with E-state index >= 15 is 0 Å². The fraction of sp³-hybridized carbons (Fsp3) is 0.0370. The minimum atomic E-state index is -0.553. The summed E-state index contributed by atoms with van der Waals surface area (Å²) in [6, 6.07) is 23.8. The lowest BCUT2D eigenvalue weighted by atomic mass is 10.0. The highest BCUT2D eigenvalue weighted by Crippen LogP contribution is 2.28. The molecular formula is C27H19N3O4. The van der Waals surface area contributed by atoms with Crippen molar-refractivity contribution in [2.45, 2.75) is 0 Å². The summed E-state index contributed by atoms with van der Waals surface area (Å²) in [5, 5.41) is 5.45. The van der Waals surface area contributed by atoms with Gasteiger partial charge in [0.1, 0.15) is 11.3 Å². The van der Waals surface area contributed by atoms with Gasteiger partial charge < -0.3 is 9.15 Å². The highest BCUT2D eigenvalue weighted by Gasteiger charge is 2.20. The number of nitrogens with zero attached hydrogens (tertiary/aromatic N) is 3. The maximum Gasteiger partial charge on any atom is 0.345 e. The molecule has 0 bridgehead atoms. The Hall–Kier alpha value is -4.78. The molecule has 0 fully saturated rings. The van der Waals surface area contributed by atoms with Crippen LogP contribution in [0.4, 0.5) is 0 Å². The average Bonchev–Trinajstić information content (AvgIpc) is 3.31. The van der Waals surface area contributed by atoms with Crippen LogP contribution in [-0.4, -0.2) is 27.8 Å². The van der Waals surface area contributed by atoms with Gasteiger partial charge in [-0.05, 0) is 42.5 Å². The van der Waals surface area contributed by atoms with E-state index in [1.165, 1.54) is 7.11 Å². The van der Waals surface area contributed by atoms with Crippen molar-refractivity contribution in [2.75, 3.05) is 7.11 Å². The number of fused-ring (bicyclic) bond motifs is 1. The van der Waals surface area contributed by atoms with Crippen LogP contribution in [0.2, 0.25) is 0 Å². The molecule has 7 nitrogen and oxygen atoms in total. The van der Waals surface area contributed by atoms with E-state index in [1.54, 1.807) is 59.5 Å². The van der Waals surface area contributed by atoms with E-state index in [-0.39, 0.29) is 11.1 Å². The predicted octanol–water partition coefficient (Wildman–Crippen LogP) is 4.75. The van der Waals surface area contributed by atoms with E-state index in [9.17, 15) is 9.59 Å². The van der Waals surface area contributed by atoms with Crippen molar-refractivity contribution >= 4 is 28.6 Å². The molecule has 0 spiro atoms. The second-order valence-electron chi connectivity index (χ2n) is 7.46. The molecule has 0 aliphatic heterocycles. The number of esters is 1. The van der Waals surface area contributed by atoms with Gasteiger partial charge in [-0.1, -0.05) is 42.5 Å². The number of para-hydroxylation sites is 2. The zero-order chi connectivity index (χ0) is 23.5. The maximum absolute atomic E-state index is 12.9. The van der Waals surface area contributed by atoms with Crippen molar-refractivity contribution in [2.24, 2.45) is 0 Å². The SMILES string of the molecule is COC(=O)/C(=C/c1cn(-c2ccccc2)nc1-c1cc2ccccc2oc1=O)c1ccccn1. The van der Waals surface area contributed by atoms with Crippen molar-refractivity contribution in [1.82, 2.24) is 14.8 Å². The second kappa shape index (κ2) is 8.99. The van der Waals surface area contributed by atoms with Gasteiger partial charge in [0.15, 0.2) is 0 Å². The van der Waals surface area contributed by atoms with Gasteiger partial charge in [0.2, 0.25) is 0 Å². The maximum atomic E-state index is 12.9. The number of benzene rings is 2. The van der Waals surface area contributed by atoms with Crippen molar-refractivity contribution < 1.29 is 13.9 Å². The first-order chi connectivity index (χ1) is 16.6. The van der Waals surface area contributed by atoms with Crippen LogP contribution in [0.5, 0.6) is 0 Å². The smallest absolute Gasteiger partial charge is 0.345 e. The second-order valence-corrected chi connectivity index (χ2v) is 7.46. The number of hydrogen-bond acceptors (Lipinski definition) is 6. The molecule has 0 aliphatic rings. The van der Waals surface area contributed by atoms with Gasteiger partial charge in [-0.25, -0.2) is 14.3 Å². The first-order valence-corrected chi connectivity index (χ1v) is 10.5. The van der Waals surface area contributed by atoms with Gasteiger partial charge in [-0.2, -0.15) is 5.10 Å². The van der Waals surface area contributed by atoms with E-state index in [0.29, 0.717) is 22.5 Å². The summed E-state index contributed by atoms with van der Waals surface area (Å²) in [7, 11) is 1.31. The van der Waals surface area contributed by atoms with Crippen molar-refractivity contribution in [1.29, 1.82) is 0 Å². The van der Waals surface area contributed by atoms with Crippen LogP contribution in [0.3, 0.4) is 0 Å². The van der Waals surface area contributed by atoms with Gasteiger partial charge >= 0.3 is 11.6 Å². The molecule has 0 aliphatic carbocycles. The summed E-state index contributed by atoms with van der Waals surface area (Å²) in [6.45, 7) is 0. The third kappa shape index (κ3) is 4.02. The largest absolute Gasteiger partial charge is 0.465 e. The summed E-state index contributed by atoms with van der Waals surface area (Å²) in [4.78, 5) is 29.9. The van der Waals surface area contributed by atoms with Crippen LogP contribution in [0, 0.1) is 0 Å². The van der Waals surface area contributed by atoms with Crippen LogP contribution >= 0.6 is 0 Å². The van der Waals surface area contributed by atoms with E-state index in [2.05, 4.69) is 10.1 Å². The molecule has 34 heavy (non-hydrogen) atoms. The van der Waals surface area contributed by atoms with Crippen LogP contribution in [-0.2, 0) is 9.53 Å². The third-order valence-electron chi connectivity index (χ3n) is 5.31. The van der Waals surface area contributed by atoms with Gasteiger partial charge in [-0.3, -0.25) is 4.98 Å². The van der Waals surface area contributed by atoms with Gasteiger partial charge in [0.05, 0.1) is 29.6 Å². The molecule has 0 saturated heterocycles. The molecule has 3 heterocycles. The number of rotatable bonds is 5. The molecule has 2 aromatic carbocycles. The lowest BCUT2D eigenvalue weighted by Crippen LogP contribution is -2.06. The Morgan fingerprint density at radius 3 is 2.53 bits per heavy atom. The number of carbonyl (C=O) groups is 1. The third-order valence-corrected chi connectivity index (χ3v) is 5.31. The molecule has 0 N–H and O–H groups in total. The number of pyridine rings is 1. The van der Waals surface area contributed by atoms with E-state index in [1.807, 2.05) is 42.5 Å². The van der Waals surface area contributed by atoms with Crippen LogP contribution < -0.4 is 5.63 Å². The van der Waals surface area contributed by atoms with E-state index < -0.39 is 11.6 Å². The summed E-state index contributed by atoms with van der Waals surface area (Å²) >= 11 is 0. The molecule has 0 atom stereocenters. The zero-order valence-corrected chi connectivity index (χ0v) is 18.2. The number of hydrogen-bond donors (Lipinski definition) is 0. The zero-order valence-electron chi connectivity index (χ0n) is 18.2. The Morgan fingerprint density at radius 1 is 1.00 bits per heavy atom. The molecule has 0 unspecified atom stereocenters.